The van der Waals surface area contributed by atoms with E-state index < -0.39 is 11.9 Å². The van der Waals surface area contributed by atoms with Crippen LogP contribution in [0, 0.1) is 0 Å². The first kappa shape index (κ1) is 29.2. The zero-order valence-electron chi connectivity index (χ0n) is 22.5. The lowest BCUT2D eigenvalue weighted by molar-refractivity contribution is -0.142. The van der Waals surface area contributed by atoms with Crippen LogP contribution in [0.2, 0.25) is 0 Å². The van der Waals surface area contributed by atoms with Crippen LogP contribution in [0.3, 0.4) is 0 Å². The van der Waals surface area contributed by atoms with Crippen LogP contribution in [0.4, 0.5) is 0 Å². The van der Waals surface area contributed by atoms with Gasteiger partial charge in [-0.25, -0.2) is 0 Å². The van der Waals surface area contributed by atoms with Gasteiger partial charge < -0.3 is 31.3 Å². The fourth-order valence-electron chi connectivity index (χ4n) is 5.06. The monoisotopic (exact) mass is 527 g/mol. The minimum Gasteiger partial charge on any atom is -0.466 e. The molecule has 0 saturated carbocycles. The van der Waals surface area contributed by atoms with E-state index in [1.807, 2.05) is 24.9 Å². The van der Waals surface area contributed by atoms with Crippen LogP contribution < -0.4 is 21.7 Å². The summed E-state index contributed by atoms with van der Waals surface area (Å²) in [5.41, 5.74) is 7.31. The molecule has 5 N–H and O–H groups in total. The summed E-state index contributed by atoms with van der Waals surface area (Å²) < 4.78 is 4.51. The summed E-state index contributed by atoms with van der Waals surface area (Å²) >= 11 is 0. The van der Waals surface area contributed by atoms with Gasteiger partial charge in [0.15, 0.2) is 0 Å². The maximum Gasteiger partial charge on any atom is 0.305 e. The smallest absolute Gasteiger partial charge is 0.305 e. The van der Waals surface area contributed by atoms with Crippen LogP contribution in [0.5, 0.6) is 0 Å². The third kappa shape index (κ3) is 7.80. The number of likely N-dealkylation sites (N-methyl/N-ethyl adjacent to an activating group) is 1. The second kappa shape index (κ2) is 13.9. The number of carbonyl (C=O) groups excluding carboxylic acids is 4. The minimum absolute atomic E-state index is 0.0208. The second-order valence-electron chi connectivity index (χ2n) is 10.1. The molecule has 0 aromatic heterocycles. The topological polar surface area (TPSA) is 143 Å². The first-order valence-corrected chi connectivity index (χ1v) is 13.5. The Morgan fingerprint density at radius 3 is 2.55 bits per heavy atom. The van der Waals surface area contributed by atoms with Gasteiger partial charge in [-0.15, -0.1) is 0 Å². The molecule has 10 heteroatoms. The van der Waals surface area contributed by atoms with Crippen LogP contribution in [-0.2, 0) is 25.7 Å². The van der Waals surface area contributed by atoms with Crippen LogP contribution in [0.1, 0.15) is 74.2 Å². The first-order chi connectivity index (χ1) is 18.2. The van der Waals surface area contributed by atoms with E-state index in [9.17, 15) is 19.2 Å². The highest BCUT2D eigenvalue weighted by Crippen LogP contribution is 2.31. The number of nitrogens with two attached hydrogens (primary N) is 1. The van der Waals surface area contributed by atoms with Crippen molar-refractivity contribution in [3.05, 3.63) is 47.7 Å². The van der Waals surface area contributed by atoms with E-state index in [0.717, 1.165) is 49.8 Å². The van der Waals surface area contributed by atoms with E-state index in [-0.39, 0.29) is 42.5 Å². The maximum atomic E-state index is 13.5. The van der Waals surface area contributed by atoms with Gasteiger partial charge in [-0.1, -0.05) is 31.6 Å². The van der Waals surface area contributed by atoms with Crippen LogP contribution in [-0.4, -0.2) is 66.4 Å². The number of amides is 3. The average Bonchev–Trinajstić information content (AvgIpc) is 3.56. The number of rotatable bonds is 8. The number of carbonyl (C=O) groups is 4. The Morgan fingerprint density at radius 2 is 1.92 bits per heavy atom. The van der Waals surface area contributed by atoms with Gasteiger partial charge in [0.25, 0.3) is 0 Å². The Kier molecular flexibility index (Phi) is 10.7. The highest BCUT2D eigenvalue weighted by atomic mass is 16.5. The van der Waals surface area contributed by atoms with Gasteiger partial charge in [-0.05, 0) is 63.8 Å². The molecule has 3 aliphatic rings. The summed E-state index contributed by atoms with van der Waals surface area (Å²) in [6.07, 6.45) is 6.70. The van der Waals surface area contributed by atoms with E-state index in [4.69, 9.17) is 5.73 Å². The number of hydrogen-bond donors (Lipinski definition) is 4. The average molecular weight is 528 g/mol. The molecule has 3 amide bonds. The number of primary amides is 1. The fourth-order valence-corrected chi connectivity index (χ4v) is 5.06. The van der Waals surface area contributed by atoms with Crippen LogP contribution in [0.25, 0.3) is 0 Å². The molecular weight excluding hydrogens is 486 g/mol. The van der Waals surface area contributed by atoms with Gasteiger partial charge in [0, 0.05) is 36.3 Å². The summed E-state index contributed by atoms with van der Waals surface area (Å²) in [5.74, 6) is -0.731. The lowest BCUT2D eigenvalue weighted by Gasteiger charge is -2.36. The number of benzene rings is 1. The van der Waals surface area contributed by atoms with E-state index in [0.29, 0.717) is 25.0 Å². The molecule has 4 unspecified atom stereocenters. The Labute approximate surface area is 224 Å². The molecule has 4 atom stereocenters. The molecule has 0 aliphatic carbocycles. The Balaban J connectivity index is 0.000000585. The van der Waals surface area contributed by atoms with Crippen LogP contribution in [0.15, 0.2) is 36.5 Å². The van der Waals surface area contributed by atoms with E-state index in [1.165, 1.54) is 0 Å². The molecule has 1 aromatic carbocycles. The highest BCUT2D eigenvalue weighted by molar-refractivity contribution is 5.93. The summed E-state index contributed by atoms with van der Waals surface area (Å²) in [7, 11) is 1.85. The summed E-state index contributed by atoms with van der Waals surface area (Å²) in [6, 6.07) is 6.17. The summed E-state index contributed by atoms with van der Waals surface area (Å²) in [6.45, 7) is 6.98. The molecule has 1 aromatic rings. The van der Waals surface area contributed by atoms with Crippen molar-refractivity contribution in [3.8, 4) is 0 Å². The van der Waals surface area contributed by atoms with E-state index >= 15 is 0 Å². The lowest BCUT2D eigenvalue weighted by Crippen LogP contribution is -2.56. The molecule has 10 nitrogen and oxygen atoms in total. The zero-order chi connectivity index (χ0) is 27.7. The molecule has 0 bridgehead atoms. The number of nitrogens with one attached hydrogen (secondary N) is 3. The van der Waals surface area contributed by atoms with E-state index in [1.54, 1.807) is 18.2 Å². The third-order valence-electron chi connectivity index (χ3n) is 7.42. The van der Waals surface area contributed by atoms with Gasteiger partial charge in [-0.2, -0.15) is 0 Å². The predicted octanol–water partition coefficient (Wildman–Crippen LogP) is 1.74. The summed E-state index contributed by atoms with van der Waals surface area (Å²) in [4.78, 5) is 49.8. The van der Waals surface area contributed by atoms with Crippen molar-refractivity contribution in [2.75, 3.05) is 13.7 Å². The summed E-state index contributed by atoms with van der Waals surface area (Å²) in [5, 5.41) is 9.39. The van der Waals surface area contributed by atoms with Crippen molar-refractivity contribution in [3.63, 3.8) is 0 Å². The van der Waals surface area contributed by atoms with Crippen molar-refractivity contribution in [2.45, 2.75) is 89.0 Å². The Bertz CT molecular complexity index is 1020. The fraction of sp³-hybridized carbons (Fsp3) is 0.571. The van der Waals surface area contributed by atoms with Crippen molar-refractivity contribution in [1.82, 2.24) is 20.9 Å². The third-order valence-corrected chi connectivity index (χ3v) is 7.42. The first-order valence-electron chi connectivity index (χ1n) is 13.5. The lowest BCUT2D eigenvalue weighted by atomic mass is 9.98. The Morgan fingerprint density at radius 1 is 1.16 bits per heavy atom. The van der Waals surface area contributed by atoms with Crippen molar-refractivity contribution >= 4 is 23.7 Å². The molecule has 3 saturated heterocycles. The second-order valence-corrected chi connectivity index (χ2v) is 10.1. The van der Waals surface area contributed by atoms with Crippen molar-refractivity contribution in [1.29, 1.82) is 0 Å². The van der Waals surface area contributed by atoms with E-state index in [2.05, 4.69) is 27.3 Å². The van der Waals surface area contributed by atoms with Gasteiger partial charge in [0.1, 0.15) is 12.1 Å². The molecule has 3 fully saturated rings. The van der Waals surface area contributed by atoms with Gasteiger partial charge in [0.2, 0.25) is 17.7 Å². The molecule has 38 heavy (non-hydrogen) atoms. The molecule has 3 heterocycles. The largest absolute Gasteiger partial charge is 0.466 e. The molecule has 208 valence electrons. The minimum atomic E-state index is -0.504. The van der Waals surface area contributed by atoms with Gasteiger partial charge in [0.05, 0.1) is 6.61 Å². The number of hydrogen-bond acceptors (Lipinski definition) is 7. The van der Waals surface area contributed by atoms with Gasteiger partial charge in [-0.3, -0.25) is 19.2 Å². The number of fused-ring (bicyclic) bond motifs is 1. The highest BCUT2D eigenvalue weighted by Gasteiger charge is 2.43. The normalized spacial score (nSPS) is 23.6. The SMILES string of the molecule is C=C(NC1CCCCC2CCC(C(=O)NCc3cccc(C(N)=O)c3)N2C1=O)C(C)NC.O=C1CCCO1. The number of ether oxygens (including phenoxy) is 1. The van der Waals surface area contributed by atoms with Crippen molar-refractivity contribution < 1.29 is 23.9 Å². The zero-order valence-corrected chi connectivity index (χ0v) is 22.5. The molecule has 0 spiro atoms. The molecule has 0 radical (unpaired) electrons. The quantitative estimate of drug-likeness (QED) is 0.377. The Hall–Kier alpha value is -3.40. The predicted molar refractivity (Wildman–Crippen MR) is 144 cm³/mol. The van der Waals surface area contributed by atoms with Crippen LogP contribution >= 0.6 is 0 Å². The maximum absolute atomic E-state index is 13.5. The molecular formula is C28H41N5O5. The van der Waals surface area contributed by atoms with Crippen molar-refractivity contribution in [2.24, 2.45) is 5.73 Å². The number of esters is 1. The molecule has 3 aliphatic heterocycles. The standard InChI is InChI=1S/C24H35N5O3.C4H6O2/c1-15(26-3)16(2)28-20-10-5-4-9-19-11-12-21(29(19)24(20)32)23(31)27-14-17-7-6-8-18(13-17)22(25)30;5-4-2-1-3-6-4/h6-8,13,15,19-21,26,28H,2,4-5,9-12,14H2,1,3H3,(H2,25,30)(H,27,31);1-3H2. The number of cyclic esters (lactones) is 1. The van der Waals surface area contributed by atoms with Gasteiger partial charge >= 0.3 is 5.97 Å². The number of nitrogens with zero attached hydrogens (tertiary/aromatic N) is 1. The molecule has 4 rings (SSSR count).